The van der Waals surface area contributed by atoms with Gasteiger partial charge in [0.15, 0.2) is 0 Å². The molecule has 3 nitrogen and oxygen atoms in total. The van der Waals surface area contributed by atoms with Crippen molar-refractivity contribution in [2.75, 3.05) is 12.8 Å². The van der Waals surface area contributed by atoms with Crippen LogP contribution in [0, 0.1) is 6.92 Å². The molecule has 1 aromatic heterocycles. The molecule has 0 saturated heterocycles. The highest BCUT2D eigenvalue weighted by molar-refractivity contribution is 5.48. The Labute approximate surface area is 108 Å². The Morgan fingerprint density at radius 3 is 2.56 bits per heavy atom. The summed E-state index contributed by atoms with van der Waals surface area (Å²) >= 11 is 0. The normalized spacial score (nSPS) is 10.8. The Kier molecular flexibility index (Phi) is 3.95. The molecule has 0 saturated carbocycles. The van der Waals surface area contributed by atoms with Gasteiger partial charge in [0.25, 0.3) is 0 Å². The summed E-state index contributed by atoms with van der Waals surface area (Å²) in [4.78, 5) is 6.27. The van der Waals surface area contributed by atoms with Gasteiger partial charge in [-0.05, 0) is 43.3 Å². The zero-order valence-corrected chi connectivity index (χ0v) is 10.9. The lowest BCUT2D eigenvalue weighted by Gasteiger charge is -2.18. The van der Waals surface area contributed by atoms with Crippen molar-refractivity contribution in [3.8, 4) is 0 Å². The van der Waals surface area contributed by atoms with Crippen LogP contribution in [0.5, 0.6) is 0 Å². The number of pyridine rings is 1. The largest absolute Gasteiger partial charge is 0.398 e. The molecule has 0 bridgehead atoms. The number of rotatable bonds is 4. The van der Waals surface area contributed by atoms with Gasteiger partial charge in [-0.2, -0.15) is 0 Å². The number of nitrogens with two attached hydrogens (primary N) is 1. The summed E-state index contributed by atoms with van der Waals surface area (Å²) in [6, 6.07) is 10.2. The molecule has 18 heavy (non-hydrogen) atoms. The third-order valence-corrected chi connectivity index (χ3v) is 2.94. The van der Waals surface area contributed by atoms with Crippen LogP contribution in [0.3, 0.4) is 0 Å². The predicted octanol–water partition coefficient (Wildman–Crippen LogP) is 2.60. The molecule has 0 amide bonds. The maximum Gasteiger partial charge on any atom is 0.0359 e. The van der Waals surface area contributed by atoms with Gasteiger partial charge in [-0.15, -0.1) is 0 Å². The molecule has 0 atom stereocenters. The lowest BCUT2D eigenvalue weighted by Crippen LogP contribution is -2.18. The Bertz CT molecular complexity index is 508. The van der Waals surface area contributed by atoms with Gasteiger partial charge in [-0.25, -0.2) is 0 Å². The van der Waals surface area contributed by atoms with Crippen molar-refractivity contribution in [2.45, 2.75) is 20.0 Å². The van der Waals surface area contributed by atoms with E-state index in [4.69, 9.17) is 5.73 Å². The fourth-order valence-corrected chi connectivity index (χ4v) is 2.02. The average Bonchev–Trinajstić information content (AvgIpc) is 2.35. The van der Waals surface area contributed by atoms with Gasteiger partial charge in [0.1, 0.15) is 0 Å². The summed E-state index contributed by atoms with van der Waals surface area (Å²) in [6.45, 7) is 3.84. The van der Waals surface area contributed by atoms with E-state index in [0.717, 1.165) is 18.8 Å². The standard InChI is InChI=1S/C15H19N3/c1-12-3-4-15(16)14(9-12)11-18(2)10-13-5-7-17-8-6-13/h3-9H,10-11,16H2,1-2H3. The number of hydrogen-bond donors (Lipinski definition) is 1. The first-order valence-electron chi connectivity index (χ1n) is 6.07. The predicted molar refractivity (Wildman–Crippen MR) is 75.0 cm³/mol. The zero-order valence-electron chi connectivity index (χ0n) is 10.9. The molecule has 0 aliphatic carbocycles. The summed E-state index contributed by atoms with van der Waals surface area (Å²) in [7, 11) is 2.10. The Balaban J connectivity index is 2.03. The van der Waals surface area contributed by atoms with Gasteiger partial charge in [0, 0.05) is 31.2 Å². The SMILES string of the molecule is Cc1ccc(N)c(CN(C)Cc2ccncc2)c1. The second-order valence-electron chi connectivity index (χ2n) is 4.73. The number of nitrogens with zero attached hydrogens (tertiary/aromatic N) is 2. The van der Waals surface area contributed by atoms with E-state index >= 15 is 0 Å². The highest BCUT2D eigenvalue weighted by Gasteiger charge is 2.05. The molecule has 3 heteroatoms. The first-order chi connectivity index (χ1) is 8.65. The van der Waals surface area contributed by atoms with Gasteiger partial charge < -0.3 is 5.73 Å². The number of nitrogen functional groups attached to an aromatic ring is 1. The minimum atomic E-state index is 0.857. The number of aryl methyl sites for hydroxylation is 1. The Hall–Kier alpha value is -1.87. The van der Waals surface area contributed by atoms with Crippen LogP contribution in [0.1, 0.15) is 16.7 Å². The maximum atomic E-state index is 5.99. The van der Waals surface area contributed by atoms with Crippen molar-refractivity contribution >= 4 is 5.69 Å². The van der Waals surface area contributed by atoms with Gasteiger partial charge in [-0.3, -0.25) is 9.88 Å². The van der Waals surface area contributed by atoms with E-state index in [1.165, 1.54) is 16.7 Å². The zero-order chi connectivity index (χ0) is 13.0. The fraction of sp³-hybridized carbons (Fsp3) is 0.267. The lowest BCUT2D eigenvalue weighted by atomic mass is 10.1. The van der Waals surface area contributed by atoms with Gasteiger partial charge >= 0.3 is 0 Å². The molecule has 0 aliphatic rings. The van der Waals surface area contributed by atoms with Crippen LogP contribution in [0.4, 0.5) is 5.69 Å². The second kappa shape index (κ2) is 5.65. The summed E-state index contributed by atoms with van der Waals surface area (Å²) in [5, 5.41) is 0. The van der Waals surface area contributed by atoms with E-state index in [-0.39, 0.29) is 0 Å². The minimum Gasteiger partial charge on any atom is -0.398 e. The molecule has 2 aromatic rings. The number of benzene rings is 1. The first-order valence-corrected chi connectivity index (χ1v) is 6.07. The number of anilines is 1. The molecule has 0 spiro atoms. The number of aromatic nitrogens is 1. The maximum absolute atomic E-state index is 5.99. The quantitative estimate of drug-likeness (QED) is 0.837. The molecule has 2 rings (SSSR count). The third-order valence-electron chi connectivity index (χ3n) is 2.94. The summed E-state index contributed by atoms with van der Waals surface area (Å²) < 4.78 is 0. The molecule has 0 unspecified atom stereocenters. The van der Waals surface area contributed by atoms with Crippen LogP contribution < -0.4 is 5.73 Å². The van der Waals surface area contributed by atoms with Crippen LogP contribution in [-0.2, 0) is 13.1 Å². The van der Waals surface area contributed by atoms with Crippen molar-refractivity contribution in [3.05, 3.63) is 59.4 Å². The Morgan fingerprint density at radius 2 is 1.83 bits per heavy atom. The lowest BCUT2D eigenvalue weighted by molar-refractivity contribution is 0.319. The highest BCUT2D eigenvalue weighted by atomic mass is 15.1. The van der Waals surface area contributed by atoms with Crippen LogP contribution in [0.2, 0.25) is 0 Å². The van der Waals surface area contributed by atoms with E-state index in [2.05, 4.69) is 29.9 Å². The molecule has 1 aromatic carbocycles. The first kappa shape index (κ1) is 12.6. The third kappa shape index (κ3) is 3.31. The minimum absolute atomic E-state index is 0.857. The van der Waals surface area contributed by atoms with E-state index < -0.39 is 0 Å². The van der Waals surface area contributed by atoms with Crippen LogP contribution in [-0.4, -0.2) is 16.9 Å². The van der Waals surface area contributed by atoms with Crippen LogP contribution >= 0.6 is 0 Å². The fourth-order valence-electron chi connectivity index (χ4n) is 2.02. The molecular formula is C15H19N3. The van der Waals surface area contributed by atoms with Crippen LogP contribution in [0.25, 0.3) is 0 Å². The van der Waals surface area contributed by atoms with Crippen LogP contribution in [0.15, 0.2) is 42.7 Å². The molecular weight excluding hydrogens is 222 g/mol. The van der Waals surface area contributed by atoms with E-state index in [1.54, 1.807) is 0 Å². The molecule has 94 valence electrons. The molecule has 0 radical (unpaired) electrons. The monoisotopic (exact) mass is 241 g/mol. The summed E-state index contributed by atoms with van der Waals surface area (Å²) in [5.41, 5.74) is 10.6. The molecule has 1 heterocycles. The van der Waals surface area contributed by atoms with E-state index in [1.807, 2.05) is 36.7 Å². The van der Waals surface area contributed by atoms with Crippen molar-refractivity contribution in [2.24, 2.45) is 0 Å². The van der Waals surface area contributed by atoms with Gasteiger partial charge in [0.05, 0.1) is 0 Å². The van der Waals surface area contributed by atoms with Gasteiger partial charge in [-0.1, -0.05) is 17.7 Å². The van der Waals surface area contributed by atoms with E-state index in [0.29, 0.717) is 0 Å². The van der Waals surface area contributed by atoms with Crippen molar-refractivity contribution < 1.29 is 0 Å². The summed E-state index contributed by atoms with van der Waals surface area (Å²) in [5.74, 6) is 0. The highest BCUT2D eigenvalue weighted by Crippen LogP contribution is 2.16. The van der Waals surface area contributed by atoms with Crippen molar-refractivity contribution in [1.82, 2.24) is 9.88 Å². The Morgan fingerprint density at radius 1 is 1.11 bits per heavy atom. The van der Waals surface area contributed by atoms with E-state index in [9.17, 15) is 0 Å². The average molecular weight is 241 g/mol. The smallest absolute Gasteiger partial charge is 0.0359 e. The second-order valence-corrected chi connectivity index (χ2v) is 4.73. The topological polar surface area (TPSA) is 42.1 Å². The van der Waals surface area contributed by atoms with Crippen molar-refractivity contribution in [1.29, 1.82) is 0 Å². The summed E-state index contributed by atoms with van der Waals surface area (Å²) in [6.07, 6.45) is 3.65. The van der Waals surface area contributed by atoms with Crippen molar-refractivity contribution in [3.63, 3.8) is 0 Å². The van der Waals surface area contributed by atoms with Gasteiger partial charge in [0.2, 0.25) is 0 Å². The molecule has 2 N–H and O–H groups in total. The number of hydrogen-bond acceptors (Lipinski definition) is 3. The molecule has 0 fully saturated rings. The molecule has 0 aliphatic heterocycles.